The van der Waals surface area contributed by atoms with Crippen LogP contribution in [0, 0.1) is 55.4 Å². The number of hydrogen-bond donors (Lipinski definition) is 0. The monoisotopic (exact) mass is 1550 g/mol. The lowest BCUT2D eigenvalue weighted by Crippen LogP contribution is -1.86. The molecule has 9 heteroatoms. The summed E-state index contributed by atoms with van der Waals surface area (Å²) in [5.41, 5.74) is 19.3. The minimum absolute atomic E-state index is 0.985. The van der Waals surface area contributed by atoms with Gasteiger partial charge in [-0.1, -0.05) is 296 Å². The molecule has 0 saturated carbocycles. The fourth-order valence-electron chi connectivity index (χ4n) is 15.9. The summed E-state index contributed by atoms with van der Waals surface area (Å²) in [6, 6.07) is 117. The van der Waals surface area contributed by atoms with E-state index < -0.39 is 0 Å². The van der Waals surface area contributed by atoms with Crippen molar-refractivity contribution in [2.75, 3.05) is 0 Å². The summed E-state index contributed by atoms with van der Waals surface area (Å²) >= 11 is 0. The fourth-order valence-corrected chi connectivity index (χ4v) is 15.9. The van der Waals surface area contributed by atoms with Gasteiger partial charge in [0, 0.05) is 141 Å². The Bertz CT molecular complexity index is 7280. The third-order valence-electron chi connectivity index (χ3n) is 22.0. The Balaban J connectivity index is 0.0000000979. The van der Waals surface area contributed by atoms with Gasteiger partial charge in [0.25, 0.3) is 0 Å². The number of nitrogens with zero attached hydrogens (tertiary/aromatic N) is 9. The number of fused-ring (bicyclic) bond motifs is 24. The number of pyridine rings is 9. The molecule has 120 heavy (non-hydrogen) atoms. The molecular weight excluding hydrogens is 1460 g/mol. The zero-order valence-electron chi connectivity index (χ0n) is 68.4. The maximum atomic E-state index is 4.60. The Labute approximate surface area is 697 Å². The lowest BCUT2D eigenvalue weighted by Gasteiger charge is -2.05. The van der Waals surface area contributed by atoms with Gasteiger partial charge in [0.05, 0.1) is 49.7 Å². The first-order valence-corrected chi connectivity index (χ1v) is 40.6. The van der Waals surface area contributed by atoms with E-state index in [0.29, 0.717) is 0 Å². The van der Waals surface area contributed by atoms with E-state index in [-0.39, 0.29) is 0 Å². The van der Waals surface area contributed by atoms with Crippen molar-refractivity contribution < 1.29 is 0 Å². The van der Waals surface area contributed by atoms with E-state index in [0.717, 1.165) is 71.8 Å². The van der Waals surface area contributed by atoms with E-state index in [1.807, 2.05) is 105 Å². The van der Waals surface area contributed by atoms with Gasteiger partial charge in [-0.3, -0.25) is 44.9 Å². The van der Waals surface area contributed by atoms with Gasteiger partial charge < -0.3 is 0 Å². The van der Waals surface area contributed by atoms with E-state index in [1.54, 1.807) is 0 Å². The number of benzene rings is 15. The Morgan fingerprint density at radius 2 is 0.542 bits per heavy atom. The van der Waals surface area contributed by atoms with Crippen LogP contribution in [0.15, 0.2) is 383 Å². The Kier molecular flexibility index (Phi) is 22.6. The summed E-state index contributed by atoms with van der Waals surface area (Å²) in [4.78, 5) is 40.3. The number of hydrogen-bond acceptors (Lipinski definition) is 9. The molecule has 0 aliphatic rings. The minimum atomic E-state index is 0.985. The molecule has 0 saturated heterocycles. The first kappa shape index (κ1) is 77.4. The summed E-state index contributed by atoms with van der Waals surface area (Å²) in [6.45, 7) is 16.7. The summed E-state index contributed by atoms with van der Waals surface area (Å²) in [5.74, 6) is 0. The molecule has 0 radical (unpaired) electrons. The lowest BCUT2D eigenvalue weighted by atomic mass is 10.0. The molecule has 24 rings (SSSR count). The van der Waals surface area contributed by atoms with E-state index in [9.17, 15) is 0 Å². The maximum Gasteiger partial charge on any atom is 0.0967 e. The first-order chi connectivity index (χ1) is 58.8. The molecule has 0 fully saturated rings. The second-order valence-corrected chi connectivity index (χ2v) is 30.5. The lowest BCUT2D eigenvalue weighted by molar-refractivity contribution is 1.25. The van der Waals surface area contributed by atoms with Crippen molar-refractivity contribution in [3.05, 3.63) is 428 Å². The third kappa shape index (κ3) is 16.8. The third-order valence-corrected chi connectivity index (χ3v) is 22.0. The van der Waals surface area contributed by atoms with E-state index >= 15 is 0 Å². The molecule has 0 unspecified atom stereocenters. The minimum Gasteiger partial charge on any atom is -0.256 e. The van der Waals surface area contributed by atoms with Gasteiger partial charge in [-0.15, -0.1) is 0 Å². The molecule has 9 aromatic heterocycles. The van der Waals surface area contributed by atoms with Crippen LogP contribution in [0.4, 0.5) is 0 Å². The van der Waals surface area contributed by atoms with Crippen LogP contribution in [-0.4, -0.2) is 44.9 Å². The van der Waals surface area contributed by atoms with Gasteiger partial charge in [0.15, 0.2) is 0 Å². The second kappa shape index (κ2) is 35.1. The summed E-state index contributed by atoms with van der Waals surface area (Å²) in [6.07, 6.45) is 13.5. The molecule has 0 N–H and O–H groups in total. The van der Waals surface area contributed by atoms with Crippen molar-refractivity contribution in [2.24, 2.45) is 0 Å². The molecule has 9 heterocycles. The topological polar surface area (TPSA) is 116 Å². The van der Waals surface area contributed by atoms with Crippen molar-refractivity contribution in [1.82, 2.24) is 44.9 Å². The predicted octanol–water partition coefficient (Wildman–Crippen LogP) is 29.0. The highest BCUT2D eigenvalue weighted by molar-refractivity contribution is 6.12. The van der Waals surface area contributed by atoms with Crippen LogP contribution in [0.1, 0.15) is 44.8 Å². The van der Waals surface area contributed by atoms with Crippen LogP contribution >= 0.6 is 0 Å². The maximum absolute atomic E-state index is 4.60. The summed E-state index contributed by atoms with van der Waals surface area (Å²) in [5, 5.41) is 28.5. The zero-order valence-corrected chi connectivity index (χ0v) is 68.4. The molecule has 0 atom stereocenters. The first-order valence-electron chi connectivity index (χ1n) is 40.6. The molecule has 0 aliphatic carbocycles. The van der Waals surface area contributed by atoms with Crippen molar-refractivity contribution in [3.63, 3.8) is 0 Å². The average molecular weight is 1550 g/mol. The van der Waals surface area contributed by atoms with Crippen LogP contribution < -0.4 is 0 Å². The second-order valence-electron chi connectivity index (χ2n) is 30.5. The molecule has 24 aromatic rings. The van der Waals surface area contributed by atoms with Crippen LogP contribution in [0.3, 0.4) is 0 Å². The molecule has 0 amide bonds. The summed E-state index contributed by atoms with van der Waals surface area (Å²) < 4.78 is 0. The largest absolute Gasteiger partial charge is 0.256 e. The van der Waals surface area contributed by atoms with Crippen LogP contribution in [0.25, 0.3) is 174 Å². The Morgan fingerprint density at radius 1 is 0.167 bits per heavy atom. The van der Waals surface area contributed by atoms with E-state index in [4.69, 9.17) is 0 Å². The van der Waals surface area contributed by atoms with Gasteiger partial charge in [-0.05, 0) is 170 Å². The number of aryl methyl sites for hydroxylation is 8. The number of aromatic nitrogens is 9. The predicted molar refractivity (Wildman–Crippen MR) is 510 cm³/mol. The average Bonchev–Trinajstić information content (AvgIpc) is 0.787. The quantitative estimate of drug-likeness (QED) is 0.137. The summed E-state index contributed by atoms with van der Waals surface area (Å²) in [7, 11) is 0. The molecule has 0 bridgehead atoms. The Hall–Kier alpha value is -15.2. The van der Waals surface area contributed by atoms with Crippen molar-refractivity contribution in [1.29, 1.82) is 0 Å². The number of rotatable bonds is 0. The van der Waals surface area contributed by atoms with Crippen molar-refractivity contribution in [3.8, 4) is 0 Å². The molecule has 9 nitrogen and oxygen atoms in total. The molecule has 15 aromatic carbocycles. The van der Waals surface area contributed by atoms with Gasteiger partial charge in [0.1, 0.15) is 0 Å². The molecule has 576 valence electrons. The highest BCUT2D eigenvalue weighted by Gasteiger charge is 2.10. The zero-order chi connectivity index (χ0) is 82.0. The normalized spacial score (nSPS) is 11.0. The van der Waals surface area contributed by atoms with Crippen LogP contribution in [0.2, 0.25) is 0 Å². The highest BCUT2D eigenvalue weighted by Crippen LogP contribution is 2.33. The standard InChI is InChI=1S/7C14H11N.C13H10N2/c1-10-5-4-7-11-12-6-2-3-8-14(12)15-9-13(10)11;1-10-5-4-8-13-12-7-3-2-6-11(12)9-15-14(10)13;1-10-11-6-2-3-7-12(11)13-8-4-5-9-14(13)15-10;1-10-6-7-12-11(8-10)9-15-14-5-3-2-4-13(12)14;1-10-6-7-11-9-15-14-5-3-2-4-12(14)13(11)8-10;1-10-6-7-14-13(8-10)12-5-3-2-4-11(12)9-15-14;1-10-6-7-13-12-5-3-2-4-11(12)9-15-14(13)8-10;1-9-4-5-11-7-6-10-3-2-8-14-12(10)13(11)15-9/h7*2-9H,1H3;2-8H,1H3. The van der Waals surface area contributed by atoms with Crippen molar-refractivity contribution >= 4 is 174 Å². The van der Waals surface area contributed by atoms with E-state index in [1.165, 1.54) is 146 Å². The van der Waals surface area contributed by atoms with Crippen LogP contribution in [0.5, 0.6) is 0 Å². The molecule has 0 aliphatic heterocycles. The van der Waals surface area contributed by atoms with Gasteiger partial charge in [-0.2, -0.15) is 0 Å². The van der Waals surface area contributed by atoms with Gasteiger partial charge >= 0.3 is 0 Å². The number of para-hydroxylation sites is 5. The van der Waals surface area contributed by atoms with Crippen LogP contribution in [-0.2, 0) is 0 Å². The molecular formula is C111H87N9. The van der Waals surface area contributed by atoms with Gasteiger partial charge in [0.2, 0.25) is 0 Å². The van der Waals surface area contributed by atoms with Gasteiger partial charge in [-0.25, -0.2) is 0 Å². The highest BCUT2D eigenvalue weighted by atomic mass is 14.7. The molecule has 0 spiro atoms. The SMILES string of the molecule is Cc1ccc2c(c1)ncc1ccccc12.Cc1ccc2c(cnc3ccccc32)c1.Cc1ccc2ccc3cccnc3c2n1.Cc1ccc2cnc3ccccc3c2c1.Cc1ccc2ncc3ccccc3c2c1.Cc1cccc2c1cnc1ccccc12.Cc1cccc2c1ncc1ccccc12.Cc1nc2ccccc2c2ccccc12. The van der Waals surface area contributed by atoms with Crippen molar-refractivity contribution in [2.45, 2.75) is 55.4 Å². The van der Waals surface area contributed by atoms with E-state index in [2.05, 4.69) is 378 Å². The smallest absolute Gasteiger partial charge is 0.0967 e. The fraction of sp³-hybridized carbons (Fsp3) is 0.0721. The Morgan fingerprint density at radius 3 is 1.19 bits per heavy atom.